The molecule has 0 saturated carbocycles. The molecule has 0 atom stereocenters. The summed E-state index contributed by atoms with van der Waals surface area (Å²) in [5.74, 6) is 0.987. The van der Waals surface area contributed by atoms with Gasteiger partial charge in [-0.3, -0.25) is 5.43 Å². The van der Waals surface area contributed by atoms with Crippen molar-refractivity contribution in [3.8, 4) is 5.75 Å². The molecule has 2 aromatic carbocycles. The Morgan fingerprint density at radius 1 is 1.05 bits per heavy atom. The number of hydrazone groups is 1. The van der Waals surface area contributed by atoms with E-state index in [1.807, 2.05) is 6.92 Å². The third-order valence-corrected chi connectivity index (χ3v) is 3.44. The molecule has 0 bridgehead atoms. The van der Waals surface area contributed by atoms with E-state index in [2.05, 4.69) is 46.7 Å². The highest BCUT2D eigenvalue weighted by Crippen LogP contribution is 2.20. The number of hydrogen-bond donors (Lipinski definition) is 2. The van der Waals surface area contributed by atoms with E-state index >= 15 is 0 Å². The smallest absolute Gasteiger partial charge is 0.149 e. The maximum atomic E-state index is 9.25. The Labute approximate surface area is 129 Å². The Morgan fingerprint density at radius 3 is 2.59 bits per heavy atom. The highest BCUT2D eigenvalue weighted by atomic mass is 16.3. The minimum atomic E-state index is 0.243. The number of fused-ring (bicyclic) bond motifs is 1. The number of phenolic OH excluding ortho intramolecular Hbond substituents is 1. The Bertz CT molecular complexity index is 839. The lowest BCUT2D eigenvalue weighted by molar-refractivity contribution is 0.475. The Kier molecular flexibility index (Phi) is 3.74. The average molecular weight is 291 g/mol. The van der Waals surface area contributed by atoms with Crippen molar-refractivity contribution in [3.63, 3.8) is 0 Å². The molecule has 4 nitrogen and oxygen atoms in total. The first-order valence-corrected chi connectivity index (χ1v) is 7.08. The zero-order valence-corrected chi connectivity index (χ0v) is 12.5. The van der Waals surface area contributed by atoms with Gasteiger partial charge in [-0.15, -0.1) is 0 Å². The molecule has 2 N–H and O–H groups in total. The summed E-state index contributed by atoms with van der Waals surface area (Å²) in [5, 5.41) is 14.6. The van der Waals surface area contributed by atoms with Gasteiger partial charge in [0.2, 0.25) is 0 Å². The molecule has 0 aliphatic carbocycles. The normalized spacial score (nSPS) is 11.2. The molecule has 0 unspecified atom stereocenters. The second kappa shape index (κ2) is 5.85. The molecular weight excluding hydrogens is 274 g/mol. The van der Waals surface area contributed by atoms with Crippen molar-refractivity contribution in [1.29, 1.82) is 0 Å². The van der Waals surface area contributed by atoms with Crippen LogP contribution in [-0.2, 0) is 0 Å². The molecule has 0 spiro atoms. The molecule has 1 aromatic heterocycles. The lowest BCUT2D eigenvalue weighted by Crippen LogP contribution is -1.97. The van der Waals surface area contributed by atoms with Crippen molar-refractivity contribution in [1.82, 2.24) is 4.98 Å². The molecule has 0 aliphatic rings. The summed E-state index contributed by atoms with van der Waals surface area (Å²) in [6.45, 7) is 4.06. The molecule has 0 saturated heterocycles. The van der Waals surface area contributed by atoms with Gasteiger partial charge in [0.25, 0.3) is 0 Å². The maximum absolute atomic E-state index is 9.25. The van der Waals surface area contributed by atoms with Crippen molar-refractivity contribution in [3.05, 3.63) is 65.2 Å². The summed E-state index contributed by atoms with van der Waals surface area (Å²) in [6, 6.07) is 15.2. The molecule has 22 heavy (non-hydrogen) atoms. The van der Waals surface area contributed by atoms with Gasteiger partial charge in [0.05, 0.1) is 11.7 Å². The minimum absolute atomic E-state index is 0.243. The Balaban J connectivity index is 1.83. The number of rotatable bonds is 3. The van der Waals surface area contributed by atoms with E-state index in [0.29, 0.717) is 0 Å². The Morgan fingerprint density at radius 2 is 1.82 bits per heavy atom. The number of nitrogens with one attached hydrogen (secondary N) is 1. The van der Waals surface area contributed by atoms with Gasteiger partial charge in [-0.05, 0) is 66.9 Å². The van der Waals surface area contributed by atoms with Gasteiger partial charge in [0, 0.05) is 5.39 Å². The van der Waals surface area contributed by atoms with E-state index in [-0.39, 0.29) is 5.75 Å². The van der Waals surface area contributed by atoms with Crippen LogP contribution in [0.4, 0.5) is 5.82 Å². The molecule has 110 valence electrons. The van der Waals surface area contributed by atoms with E-state index in [1.54, 1.807) is 30.5 Å². The quantitative estimate of drug-likeness (QED) is 0.566. The van der Waals surface area contributed by atoms with Gasteiger partial charge >= 0.3 is 0 Å². The molecule has 3 aromatic rings. The highest BCUT2D eigenvalue weighted by molar-refractivity contribution is 5.83. The van der Waals surface area contributed by atoms with Crippen molar-refractivity contribution in [2.75, 3.05) is 5.43 Å². The monoisotopic (exact) mass is 291 g/mol. The van der Waals surface area contributed by atoms with Crippen LogP contribution in [0.25, 0.3) is 10.9 Å². The van der Waals surface area contributed by atoms with Crippen molar-refractivity contribution < 1.29 is 5.11 Å². The van der Waals surface area contributed by atoms with Crippen molar-refractivity contribution in [2.24, 2.45) is 5.10 Å². The SMILES string of the molecule is Cc1ccc2cc(C)c(N/N=C/c3ccc(O)cc3)nc2c1. The second-order valence-corrected chi connectivity index (χ2v) is 5.31. The third kappa shape index (κ3) is 3.06. The number of pyridine rings is 1. The zero-order chi connectivity index (χ0) is 15.5. The summed E-state index contributed by atoms with van der Waals surface area (Å²) in [7, 11) is 0. The number of nitrogens with zero attached hydrogens (tertiary/aromatic N) is 2. The number of phenols is 1. The van der Waals surface area contributed by atoms with Gasteiger partial charge < -0.3 is 5.11 Å². The third-order valence-electron chi connectivity index (χ3n) is 3.44. The first kappa shape index (κ1) is 14.1. The van der Waals surface area contributed by atoms with Gasteiger partial charge in [0.15, 0.2) is 0 Å². The fourth-order valence-electron chi connectivity index (χ4n) is 2.22. The topological polar surface area (TPSA) is 57.5 Å². The summed E-state index contributed by atoms with van der Waals surface area (Å²) in [5.41, 5.74) is 7.06. The van der Waals surface area contributed by atoms with Crippen molar-refractivity contribution in [2.45, 2.75) is 13.8 Å². The lowest BCUT2D eigenvalue weighted by Gasteiger charge is -2.07. The van der Waals surface area contributed by atoms with E-state index in [0.717, 1.165) is 27.8 Å². The predicted octanol–water partition coefficient (Wildman–Crippen LogP) is 4.00. The molecule has 0 aliphatic heterocycles. The average Bonchev–Trinajstić information content (AvgIpc) is 2.50. The molecule has 0 radical (unpaired) electrons. The van der Waals surface area contributed by atoms with E-state index in [9.17, 15) is 5.11 Å². The molecule has 4 heteroatoms. The van der Waals surface area contributed by atoms with E-state index in [4.69, 9.17) is 0 Å². The standard InChI is InChI=1S/C18H17N3O/c1-12-3-6-15-10-13(2)18(20-17(15)9-12)21-19-11-14-4-7-16(22)8-5-14/h3-11,22H,1-2H3,(H,20,21)/b19-11+. The molecule has 0 amide bonds. The van der Waals surface area contributed by atoms with Crippen LogP contribution < -0.4 is 5.43 Å². The molecule has 1 heterocycles. The van der Waals surface area contributed by atoms with Crippen LogP contribution >= 0.6 is 0 Å². The molecule has 3 rings (SSSR count). The number of benzene rings is 2. The summed E-state index contributed by atoms with van der Waals surface area (Å²) in [4.78, 5) is 4.62. The number of anilines is 1. The number of aryl methyl sites for hydroxylation is 2. The fourth-order valence-corrected chi connectivity index (χ4v) is 2.22. The highest BCUT2D eigenvalue weighted by Gasteiger charge is 2.02. The fraction of sp³-hybridized carbons (Fsp3) is 0.111. The van der Waals surface area contributed by atoms with Crippen LogP contribution in [0.5, 0.6) is 5.75 Å². The minimum Gasteiger partial charge on any atom is -0.508 e. The number of aromatic hydroxyl groups is 1. The summed E-state index contributed by atoms with van der Waals surface area (Å²) < 4.78 is 0. The van der Waals surface area contributed by atoms with Crippen LogP contribution in [0.15, 0.2) is 53.6 Å². The zero-order valence-electron chi connectivity index (χ0n) is 12.5. The molecule has 0 fully saturated rings. The first-order valence-electron chi connectivity index (χ1n) is 7.08. The van der Waals surface area contributed by atoms with Crippen LogP contribution in [0.3, 0.4) is 0 Å². The first-order chi connectivity index (χ1) is 10.6. The second-order valence-electron chi connectivity index (χ2n) is 5.31. The predicted molar refractivity (Wildman–Crippen MR) is 90.5 cm³/mol. The van der Waals surface area contributed by atoms with Gasteiger partial charge in [-0.1, -0.05) is 12.1 Å². The van der Waals surface area contributed by atoms with Crippen molar-refractivity contribution >= 4 is 22.9 Å². The van der Waals surface area contributed by atoms with E-state index < -0.39 is 0 Å². The van der Waals surface area contributed by atoms with Crippen LogP contribution in [0.1, 0.15) is 16.7 Å². The van der Waals surface area contributed by atoms with Gasteiger partial charge in [-0.2, -0.15) is 5.10 Å². The molecular formula is C18H17N3O. The summed E-state index contributed by atoms with van der Waals surface area (Å²) >= 11 is 0. The summed E-state index contributed by atoms with van der Waals surface area (Å²) in [6.07, 6.45) is 1.70. The van der Waals surface area contributed by atoms with Crippen LogP contribution in [-0.4, -0.2) is 16.3 Å². The van der Waals surface area contributed by atoms with Crippen LogP contribution in [0.2, 0.25) is 0 Å². The van der Waals surface area contributed by atoms with E-state index in [1.165, 1.54) is 5.56 Å². The number of aromatic nitrogens is 1. The maximum Gasteiger partial charge on any atom is 0.149 e. The largest absolute Gasteiger partial charge is 0.508 e. The number of hydrogen-bond acceptors (Lipinski definition) is 4. The van der Waals surface area contributed by atoms with Gasteiger partial charge in [0.1, 0.15) is 11.6 Å². The Hall–Kier alpha value is -2.88. The van der Waals surface area contributed by atoms with Gasteiger partial charge in [-0.25, -0.2) is 4.98 Å². The van der Waals surface area contributed by atoms with Crippen LogP contribution in [0, 0.1) is 13.8 Å². The lowest BCUT2D eigenvalue weighted by atomic mass is 10.1.